The number of hydrogen-bond donors (Lipinski definition) is 1. The highest BCUT2D eigenvalue weighted by atomic mass is 35.5. The van der Waals surface area contributed by atoms with Gasteiger partial charge < -0.3 is 10.1 Å². The molecule has 0 heterocycles. The number of ether oxygens (including phenoxy) is 1. The van der Waals surface area contributed by atoms with Crippen LogP contribution in [0.4, 0.5) is 4.39 Å². The van der Waals surface area contributed by atoms with E-state index in [1.54, 1.807) is 0 Å². The molecule has 6 heteroatoms. The standard InChI is InChI=1S/C18H17ClFNO3/c1-12(13-6-3-2-4-7-13)21-17(22)11-24-18(23)10-14-15(19)8-5-9-16(14)20/h2-9,12H,10-11H2,1H3,(H,21,22)/t12-/m0/s1. The Labute approximate surface area is 144 Å². The summed E-state index contributed by atoms with van der Waals surface area (Å²) in [7, 11) is 0. The molecule has 0 fully saturated rings. The van der Waals surface area contributed by atoms with Crippen molar-refractivity contribution in [2.24, 2.45) is 0 Å². The third kappa shape index (κ3) is 5.06. The quantitative estimate of drug-likeness (QED) is 0.813. The van der Waals surface area contributed by atoms with E-state index in [4.69, 9.17) is 16.3 Å². The largest absolute Gasteiger partial charge is 0.455 e. The van der Waals surface area contributed by atoms with Gasteiger partial charge in [-0.15, -0.1) is 0 Å². The SMILES string of the molecule is C[C@H](NC(=O)COC(=O)Cc1c(F)cccc1Cl)c1ccccc1. The van der Waals surface area contributed by atoms with Crippen molar-refractivity contribution >= 4 is 23.5 Å². The topological polar surface area (TPSA) is 55.4 Å². The van der Waals surface area contributed by atoms with Gasteiger partial charge in [0.15, 0.2) is 6.61 Å². The lowest BCUT2D eigenvalue weighted by molar-refractivity contribution is -0.148. The van der Waals surface area contributed by atoms with Crippen molar-refractivity contribution in [3.05, 3.63) is 70.5 Å². The first-order valence-corrected chi connectivity index (χ1v) is 7.78. The van der Waals surface area contributed by atoms with E-state index in [-0.39, 0.29) is 23.0 Å². The van der Waals surface area contributed by atoms with Crippen molar-refractivity contribution in [1.82, 2.24) is 5.32 Å². The van der Waals surface area contributed by atoms with Crippen molar-refractivity contribution in [1.29, 1.82) is 0 Å². The number of benzene rings is 2. The number of halogens is 2. The summed E-state index contributed by atoms with van der Waals surface area (Å²) >= 11 is 5.85. The molecule has 24 heavy (non-hydrogen) atoms. The fourth-order valence-corrected chi connectivity index (χ4v) is 2.38. The van der Waals surface area contributed by atoms with E-state index in [0.717, 1.165) is 5.56 Å². The Hall–Kier alpha value is -2.40. The molecule has 0 radical (unpaired) electrons. The van der Waals surface area contributed by atoms with Gasteiger partial charge in [-0.1, -0.05) is 48.0 Å². The molecule has 0 saturated carbocycles. The first kappa shape index (κ1) is 17.9. The molecule has 1 N–H and O–H groups in total. The monoisotopic (exact) mass is 349 g/mol. The van der Waals surface area contributed by atoms with Gasteiger partial charge in [0.05, 0.1) is 12.5 Å². The van der Waals surface area contributed by atoms with Crippen LogP contribution >= 0.6 is 11.6 Å². The second-order valence-corrected chi connectivity index (χ2v) is 5.64. The van der Waals surface area contributed by atoms with E-state index >= 15 is 0 Å². The summed E-state index contributed by atoms with van der Waals surface area (Å²) < 4.78 is 18.5. The van der Waals surface area contributed by atoms with E-state index < -0.39 is 24.3 Å². The number of hydrogen-bond acceptors (Lipinski definition) is 3. The van der Waals surface area contributed by atoms with Gasteiger partial charge in [-0.3, -0.25) is 9.59 Å². The minimum atomic E-state index is -0.718. The highest BCUT2D eigenvalue weighted by Crippen LogP contribution is 2.19. The first-order valence-electron chi connectivity index (χ1n) is 7.40. The Morgan fingerprint density at radius 3 is 2.54 bits per heavy atom. The number of carbonyl (C=O) groups is 2. The Balaban J connectivity index is 1.82. The second kappa shape index (κ2) is 8.45. The molecule has 126 valence electrons. The Morgan fingerprint density at radius 1 is 1.17 bits per heavy atom. The van der Waals surface area contributed by atoms with Crippen LogP contribution in [-0.2, 0) is 20.7 Å². The van der Waals surface area contributed by atoms with Gasteiger partial charge in [0, 0.05) is 10.6 Å². The molecule has 1 atom stereocenters. The van der Waals surface area contributed by atoms with Crippen molar-refractivity contribution < 1.29 is 18.7 Å². The molecule has 4 nitrogen and oxygen atoms in total. The summed E-state index contributed by atoms with van der Waals surface area (Å²) in [6, 6.07) is 13.3. The second-order valence-electron chi connectivity index (χ2n) is 5.24. The lowest BCUT2D eigenvalue weighted by atomic mass is 10.1. The predicted molar refractivity (Wildman–Crippen MR) is 89.1 cm³/mol. The van der Waals surface area contributed by atoms with E-state index in [9.17, 15) is 14.0 Å². The highest BCUT2D eigenvalue weighted by molar-refractivity contribution is 6.31. The lowest BCUT2D eigenvalue weighted by Crippen LogP contribution is -2.31. The lowest BCUT2D eigenvalue weighted by Gasteiger charge is -2.14. The van der Waals surface area contributed by atoms with Crippen LogP contribution in [0.5, 0.6) is 0 Å². The molecular weight excluding hydrogens is 333 g/mol. The molecule has 0 aromatic heterocycles. The molecule has 0 aliphatic carbocycles. The van der Waals surface area contributed by atoms with Gasteiger partial charge in [0.1, 0.15) is 5.82 Å². The number of carbonyl (C=O) groups excluding carboxylic acids is 2. The number of rotatable bonds is 6. The molecule has 0 saturated heterocycles. The minimum absolute atomic E-state index is 0.0576. The summed E-state index contributed by atoms with van der Waals surface area (Å²) in [6.07, 6.45) is -0.326. The smallest absolute Gasteiger partial charge is 0.310 e. The fraction of sp³-hybridized carbons (Fsp3) is 0.222. The van der Waals surface area contributed by atoms with Crippen LogP contribution in [0.2, 0.25) is 5.02 Å². The Kier molecular flexibility index (Phi) is 6.32. The fourth-order valence-electron chi connectivity index (χ4n) is 2.15. The molecule has 0 unspecified atom stereocenters. The van der Waals surface area contributed by atoms with Crippen LogP contribution in [0.25, 0.3) is 0 Å². The summed E-state index contributed by atoms with van der Waals surface area (Å²) in [5, 5.41) is 2.87. The normalized spacial score (nSPS) is 11.6. The van der Waals surface area contributed by atoms with Crippen LogP contribution in [0, 0.1) is 5.82 Å². The maximum atomic E-state index is 13.6. The average Bonchev–Trinajstić information content (AvgIpc) is 2.57. The third-order valence-corrected chi connectivity index (χ3v) is 3.78. The van der Waals surface area contributed by atoms with Crippen LogP contribution < -0.4 is 5.32 Å². The summed E-state index contributed by atoms with van der Waals surface area (Å²) in [6.45, 7) is 1.40. The Morgan fingerprint density at radius 2 is 1.88 bits per heavy atom. The maximum absolute atomic E-state index is 13.6. The molecule has 0 aliphatic rings. The maximum Gasteiger partial charge on any atom is 0.310 e. The van der Waals surface area contributed by atoms with Crippen LogP contribution in [0.3, 0.4) is 0 Å². The van der Waals surface area contributed by atoms with Crippen LogP contribution in [0.1, 0.15) is 24.1 Å². The predicted octanol–water partition coefficient (Wildman–Crippen LogP) is 3.44. The summed E-state index contributed by atoms with van der Waals surface area (Å²) in [5.41, 5.74) is 0.998. The zero-order chi connectivity index (χ0) is 17.5. The van der Waals surface area contributed by atoms with Crippen molar-refractivity contribution in [3.63, 3.8) is 0 Å². The molecule has 0 spiro atoms. The van der Waals surface area contributed by atoms with Gasteiger partial charge in [0.25, 0.3) is 5.91 Å². The van der Waals surface area contributed by atoms with Gasteiger partial charge >= 0.3 is 5.97 Å². The van der Waals surface area contributed by atoms with Crippen molar-refractivity contribution in [2.75, 3.05) is 6.61 Å². The molecule has 2 aromatic rings. The number of amides is 1. The van der Waals surface area contributed by atoms with E-state index in [2.05, 4.69) is 5.32 Å². The molecule has 0 aliphatic heterocycles. The summed E-state index contributed by atoms with van der Waals surface area (Å²) in [5.74, 6) is -1.73. The highest BCUT2D eigenvalue weighted by Gasteiger charge is 2.15. The van der Waals surface area contributed by atoms with E-state index in [1.165, 1.54) is 18.2 Å². The van der Waals surface area contributed by atoms with Gasteiger partial charge in [-0.2, -0.15) is 0 Å². The molecule has 2 aromatic carbocycles. The van der Waals surface area contributed by atoms with E-state index in [0.29, 0.717) is 0 Å². The molecule has 1 amide bonds. The molecular formula is C18H17ClFNO3. The average molecular weight is 350 g/mol. The molecule has 2 rings (SSSR count). The van der Waals surface area contributed by atoms with Crippen molar-refractivity contribution in [2.45, 2.75) is 19.4 Å². The number of esters is 1. The first-order chi connectivity index (χ1) is 11.5. The van der Waals surface area contributed by atoms with Gasteiger partial charge in [-0.05, 0) is 24.6 Å². The third-order valence-electron chi connectivity index (χ3n) is 3.42. The molecule has 0 bridgehead atoms. The van der Waals surface area contributed by atoms with E-state index in [1.807, 2.05) is 37.3 Å². The zero-order valence-corrected chi connectivity index (χ0v) is 13.8. The van der Waals surface area contributed by atoms with Gasteiger partial charge in [-0.25, -0.2) is 4.39 Å². The number of nitrogens with one attached hydrogen (secondary N) is 1. The zero-order valence-electron chi connectivity index (χ0n) is 13.1. The van der Waals surface area contributed by atoms with Crippen LogP contribution in [-0.4, -0.2) is 18.5 Å². The van der Waals surface area contributed by atoms with Crippen molar-refractivity contribution in [3.8, 4) is 0 Å². The Bertz CT molecular complexity index is 701. The minimum Gasteiger partial charge on any atom is -0.455 e. The van der Waals surface area contributed by atoms with Crippen LogP contribution in [0.15, 0.2) is 48.5 Å². The van der Waals surface area contributed by atoms with Gasteiger partial charge in [0.2, 0.25) is 0 Å². The summed E-state index contributed by atoms with van der Waals surface area (Å²) in [4.78, 5) is 23.6.